The Labute approximate surface area is 110 Å². The molecule has 0 radical (unpaired) electrons. The van der Waals surface area contributed by atoms with Gasteiger partial charge in [0.1, 0.15) is 0 Å². The van der Waals surface area contributed by atoms with Crippen LogP contribution in [0.25, 0.3) is 0 Å². The van der Waals surface area contributed by atoms with Crippen molar-refractivity contribution in [2.24, 2.45) is 0 Å². The van der Waals surface area contributed by atoms with Crippen molar-refractivity contribution in [2.45, 2.75) is 19.8 Å². The molecule has 2 aromatic rings. The predicted molar refractivity (Wildman–Crippen MR) is 71.2 cm³/mol. The molecule has 3 rings (SSSR count). The maximum Gasteiger partial charge on any atom is 0.238 e. The van der Waals surface area contributed by atoms with Gasteiger partial charge in [0.2, 0.25) is 11.8 Å². The number of amides is 1. The fraction of sp³-hybridized carbons (Fsp3) is 0.231. The maximum absolute atomic E-state index is 11.4. The highest BCUT2D eigenvalue weighted by molar-refractivity contribution is 5.94. The highest BCUT2D eigenvalue weighted by Crippen LogP contribution is 2.34. The van der Waals surface area contributed by atoms with Gasteiger partial charge in [0.25, 0.3) is 0 Å². The van der Waals surface area contributed by atoms with Crippen LogP contribution in [0.15, 0.2) is 18.2 Å². The summed E-state index contributed by atoms with van der Waals surface area (Å²) in [5, 5.41) is 9.60. The lowest BCUT2D eigenvalue weighted by Crippen LogP contribution is -2.19. The van der Waals surface area contributed by atoms with Gasteiger partial charge in [0.15, 0.2) is 5.75 Å². The van der Waals surface area contributed by atoms with Crippen LogP contribution in [0.2, 0.25) is 0 Å². The third-order valence-corrected chi connectivity index (χ3v) is 3.03. The maximum atomic E-state index is 11.4. The number of nitrogens with two attached hydrogens (primary N) is 1. The average Bonchev–Trinajstić information content (AvgIpc) is 2.76. The molecule has 0 aliphatic carbocycles. The van der Waals surface area contributed by atoms with Gasteiger partial charge >= 0.3 is 0 Å². The number of aryl methyl sites for hydroxylation is 2. The molecule has 1 aliphatic rings. The number of rotatable bonds is 2. The molecule has 0 spiro atoms. The molecule has 19 heavy (non-hydrogen) atoms. The zero-order valence-corrected chi connectivity index (χ0v) is 10.5. The monoisotopic (exact) mass is 258 g/mol. The van der Waals surface area contributed by atoms with Crippen molar-refractivity contribution in [1.82, 2.24) is 10.2 Å². The predicted octanol–water partition coefficient (Wildman–Crippen LogP) is 1.98. The van der Waals surface area contributed by atoms with Crippen LogP contribution in [0.3, 0.4) is 0 Å². The molecule has 0 saturated heterocycles. The third-order valence-electron chi connectivity index (χ3n) is 3.03. The second kappa shape index (κ2) is 4.31. The Kier molecular flexibility index (Phi) is 2.63. The first kappa shape index (κ1) is 11.6. The molecule has 4 N–H and O–H groups in total. The molecule has 0 fully saturated rings. The van der Waals surface area contributed by atoms with Crippen molar-refractivity contribution in [3.8, 4) is 11.6 Å². The number of aromatic nitrogens is 2. The molecule has 2 heterocycles. The highest BCUT2D eigenvalue weighted by Gasteiger charge is 2.17. The van der Waals surface area contributed by atoms with Crippen molar-refractivity contribution >= 4 is 17.3 Å². The number of carbonyl (C=O) groups excluding carboxylic acids is 1. The summed E-state index contributed by atoms with van der Waals surface area (Å²) < 4.78 is 5.61. The van der Waals surface area contributed by atoms with Crippen LogP contribution >= 0.6 is 0 Å². The quantitative estimate of drug-likeness (QED) is 0.718. The summed E-state index contributed by atoms with van der Waals surface area (Å²) in [5.74, 6) is 0.956. The van der Waals surface area contributed by atoms with Crippen molar-refractivity contribution in [2.75, 3.05) is 11.1 Å². The van der Waals surface area contributed by atoms with E-state index in [9.17, 15) is 4.79 Å². The summed E-state index contributed by atoms with van der Waals surface area (Å²) in [4.78, 5) is 11.4. The molecule has 0 atom stereocenters. The molecule has 98 valence electrons. The molecule has 1 amide bonds. The number of nitrogens with one attached hydrogen (secondary N) is 2. The molecule has 6 nitrogen and oxygen atoms in total. The number of aromatic amines is 1. The van der Waals surface area contributed by atoms with E-state index in [4.69, 9.17) is 10.5 Å². The lowest BCUT2D eigenvalue weighted by Gasteiger charge is -2.18. The number of fused-ring (bicyclic) bond motifs is 1. The first-order chi connectivity index (χ1) is 9.11. The molecular formula is C13H14N4O2. The second-order valence-corrected chi connectivity index (χ2v) is 4.59. The first-order valence-corrected chi connectivity index (χ1v) is 6.04. The Balaban J connectivity index is 1.93. The molecule has 0 unspecified atom stereocenters. The average molecular weight is 258 g/mol. The van der Waals surface area contributed by atoms with Gasteiger partial charge in [0.05, 0.1) is 5.69 Å². The van der Waals surface area contributed by atoms with Crippen molar-refractivity contribution in [3.05, 3.63) is 29.5 Å². The number of anilines is 2. The van der Waals surface area contributed by atoms with Crippen LogP contribution in [-0.4, -0.2) is 16.1 Å². The van der Waals surface area contributed by atoms with Crippen molar-refractivity contribution in [1.29, 1.82) is 0 Å². The van der Waals surface area contributed by atoms with Gasteiger partial charge in [-0.25, -0.2) is 0 Å². The third kappa shape index (κ3) is 2.24. The number of nitrogens with zero attached hydrogens (tertiary/aromatic N) is 1. The van der Waals surface area contributed by atoms with Gasteiger partial charge in [-0.3, -0.25) is 9.89 Å². The van der Waals surface area contributed by atoms with E-state index in [1.54, 1.807) is 12.1 Å². The van der Waals surface area contributed by atoms with E-state index in [2.05, 4.69) is 15.5 Å². The van der Waals surface area contributed by atoms with Gasteiger partial charge in [-0.1, -0.05) is 0 Å². The summed E-state index contributed by atoms with van der Waals surface area (Å²) in [5.41, 5.74) is 9.19. The number of nitrogen functional groups attached to an aromatic ring is 1. The summed E-state index contributed by atoms with van der Waals surface area (Å²) in [6.07, 6.45) is 1.19. The molecule has 1 aromatic carbocycles. The normalized spacial score (nSPS) is 13.8. The van der Waals surface area contributed by atoms with E-state index in [1.165, 1.54) is 0 Å². The molecule has 6 heteroatoms. The standard InChI is InChI=1S/C13H14N4O2/c1-7-4-13(17-16-7)19-11-6-10-8(5-9(11)14)2-3-12(18)15-10/h4-6H,2-3,14H2,1H3,(H,15,18)(H,16,17). The van der Waals surface area contributed by atoms with Crippen molar-refractivity contribution < 1.29 is 9.53 Å². The minimum absolute atomic E-state index is 0.0128. The number of hydrogen-bond donors (Lipinski definition) is 3. The molecule has 0 saturated carbocycles. The van der Waals surface area contributed by atoms with Crippen LogP contribution < -0.4 is 15.8 Å². The Morgan fingerprint density at radius 1 is 1.32 bits per heavy atom. The van der Waals surface area contributed by atoms with Gasteiger partial charge in [-0.15, -0.1) is 5.10 Å². The van der Waals surface area contributed by atoms with Gasteiger partial charge in [-0.2, -0.15) is 0 Å². The molecule has 1 aromatic heterocycles. The van der Waals surface area contributed by atoms with E-state index in [0.29, 0.717) is 30.2 Å². The lowest BCUT2D eigenvalue weighted by molar-refractivity contribution is -0.116. The van der Waals surface area contributed by atoms with Crippen LogP contribution in [0.1, 0.15) is 17.7 Å². The Hall–Kier alpha value is -2.50. The molecule has 1 aliphatic heterocycles. The van der Waals surface area contributed by atoms with Crippen LogP contribution in [0.4, 0.5) is 11.4 Å². The van der Waals surface area contributed by atoms with Crippen LogP contribution in [-0.2, 0) is 11.2 Å². The Bertz CT molecular complexity index is 648. The SMILES string of the molecule is Cc1cc(Oc2cc3c(cc2N)CCC(=O)N3)n[nH]1. The summed E-state index contributed by atoms with van der Waals surface area (Å²) in [6.45, 7) is 1.89. The van der Waals surface area contributed by atoms with E-state index in [-0.39, 0.29) is 5.91 Å². The number of hydrogen-bond acceptors (Lipinski definition) is 4. The van der Waals surface area contributed by atoms with Gasteiger partial charge in [-0.05, 0) is 25.0 Å². The molecule has 0 bridgehead atoms. The van der Waals surface area contributed by atoms with Gasteiger partial charge in [0, 0.05) is 29.9 Å². The fourth-order valence-electron chi connectivity index (χ4n) is 2.07. The molecular weight excluding hydrogens is 244 g/mol. The minimum Gasteiger partial charge on any atom is -0.435 e. The van der Waals surface area contributed by atoms with E-state index in [0.717, 1.165) is 16.9 Å². The minimum atomic E-state index is 0.0128. The topological polar surface area (TPSA) is 93.0 Å². The van der Waals surface area contributed by atoms with E-state index < -0.39 is 0 Å². The van der Waals surface area contributed by atoms with Crippen LogP contribution in [0, 0.1) is 6.92 Å². The van der Waals surface area contributed by atoms with Crippen molar-refractivity contribution in [3.63, 3.8) is 0 Å². The van der Waals surface area contributed by atoms with E-state index in [1.807, 2.05) is 13.0 Å². The number of ether oxygens (including phenoxy) is 1. The Morgan fingerprint density at radius 3 is 2.89 bits per heavy atom. The fourth-order valence-corrected chi connectivity index (χ4v) is 2.07. The lowest BCUT2D eigenvalue weighted by atomic mass is 10.0. The smallest absolute Gasteiger partial charge is 0.238 e. The zero-order valence-electron chi connectivity index (χ0n) is 10.5. The first-order valence-electron chi connectivity index (χ1n) is 6.04. The Morgan fingerprint density at radius 2 is 2.16 bits per heavy atom. The summed E-state index contributed by atoms with van der Waals surface area (Å²) in [7, 11) is 0. The van der Waals surface area contributed by atoms with E-state index >= 15 is 0 Å². The largest absolute Gasteiger partial charge is 0.435 e. The number of carbonyl (C=O) groups is 1. The highest BCUT2D eigenvalue weighted by atomic mass is 16.5. The number of H-pyrrole nitrogens is 1. The summed E-state index contributed by atoms with van der Waals surface area (Å²) in [6, 6.07) is 5.35. The number of benzene rings is 1. The zero-order chi connectivity index (χ0) is 13.4. The summed E-state index contributed by atoms with van der Waals surface area (Å²) >= 11 is 0. The van der Waals surface area contributed by atoms with Gasteiger partial charge < -0.3 is 15.8 Å². The second-order valence-electron chi connectivity index (χ2n) is 4.59. The van der Waals surface area contributed by atoms with Crippen LogP contribution in [0.5, 0.6) is 11.6 Å².